The summed E-state index contributed by atoms with van der Waals surface area (Å²) in [4.78, 5) is 26.0. The first kappa shape index (κ1) is 17.0. The van der Waals surface area contributed by atoms with E-state index in [9.17, 15) is 9.59 Å². The minimum Gasteiger partial charge on any atom is -0.419 e. The van der Waals surface area contributed by atoms with Crippen molar-refractivity contribution in [2.75, 3.05) is 0 Å². The number of imide groups is 1. The Hall–Kier alpha value is -2.41. The Kier molecular flexibility index (Phi) is 4.19. The molecule has 1 aliphatic rings. The quantitative estimate of drug-likeness (QED) is 0.597. The van der Waals surface area contributed by atoms with E-state index in [4.69, 9.17) is 39.2 Å². The van der Waals surface area contributed by atoms with E-state index in [0.29, 0.717) is 10.6 Å². The van der Waals surface area contributed by atoms with E-state index in [-0.39, 0.29) is 39.5 Å². The normalized spacial score (nSPS) is 13.4. The number of hydrogen-bond donors (Lipinski definition) is 0. The number of benzene rings is 2. The second-order valence-electron chi connectivity index (χ2n) is 5.49. The van der Waals surface area contributed by atoms with Crippen molar-refractivity contribution in [1.82, 2.24) is 15.1 Å². The van der Waals surface area contributed by atoms with Crippen molar-refractivity contribution >= 4 is 46.6 Å². The van der Waals surface area contributed by atoms with Crippen molar-refractivity contribution in [1.29, 1.82) is 0 Å². The number of hydrogen-bond acceptors (Lipinski definition) is 5. The first-order chi connectivity index (χ1) is 12.5. The second-order valence-corrected chi connectivity index (χ2v) is 6.71. The summed E-state index contributed by atoms with van der Waals surface area (Å²) < 4.78 is 5.55. The highest BCUT2D eigenvalue weighted by Crippen LogP contribution is 2.32. The molecular weight excluding hydrogens is 401 g/mol. The van der Waals surface area contributed by atoms with Gasteiger partial charge in [-0.1, -0.05) is 46.9 Å². The summed E-state index contributed by atoms with van der Waals surface area (Å²) in [5.41, 5.74) is 0.944. The van der Waals surface area contributed by atoms with Gasteiger partial charge in [0.25, 0.3) is 11.8 Å². The molecule has 3 aromatic rings. The number of nitrogens with zero attached hydrogens (tertiary/aromatic N) is 3. The smallest absolute Gasteiger partial charge is 0.262 e. The monoisotopic (exact) mass is 407 g/mol. The number of halogens is 3. The summed E-state index contributed by atoms with van der Waals surface area (Å²) in [5.74, 6) is -0.693. The molecule has 0 N–H and O–H groups in total. The summed E-state index contributed by atoms with van der Waals surface area (Å²) in [5, 5.41) is 8.67. The number of carbonyl (C=O) groups is 2. The Morgan fingerprint density at radius 2 is 1.46 bits per heavy atom. The SMILES string of the molecule is O=C1c2cc(Cl)c(Cl)cc2C(=O)N1Cc1nnc(-c2ccccc2Cl)o1. The zero-order valence-electron chi connectivity index (χ0n) is 12.9. The van der Waals surface area contributed by atoms with Crippen molar-refractivity contribution in [3.05, 3.63) is 68.5 Å². The molecule has 2 aromatic carbocycles. The van der Waals surface area contributed by atoms with Gasteiger partial charge >= 0.3 is 0 Å². The number of aromatic nitrogens is 2. The minimum absolute atomic E-state index is 0.103. The van der Waals surface area contributed by atoms with Crippen LogP contribution in [0.4, 0.5) is 0 Å². The van der Waals surface area contributed by atoms with E-state index in [1.807, 2.05) is 0 Å². The molecule has 26 heavy (non-hydrogen) atoms. The zero-order valence-corrected chi connectivity index (χ0v) is 15.1. The van der Waals surface area contributed by atoms with Crippen molar-refractivity contribution in [3.63, 3.8) is 0 Å². The molecule has 0 saturated heterocycles. The topological polar surface area (TPSA) is 76.3 Å². The lowest BCUT2D eigenvalue weighted by Gasteiger charge is -2.10. The van der Waals surface area contributed by atoms with Gasteiger partial charge < -0.3 is 4.42 Å². The average molecular weight is 409 g/mol. The van der Waals surface area contributed by atoms with Crippen LogP contribution in [0.3, 0.4) is 0 Å². The summed E-state index contributed by atoms with van der Waals surface area (Å²) in [6.45, 7) is -0.168. The largest absolute Gasteiger partial charge is 0.419 e. The molecule has 0 spiro atoms. The first-order valence-electron chi connectivity index (χ1n) is 7.38. The van der Waals surface area contributed by atoms with Gasteiger partial charge in [0, 0.05) is 0 Å². The van der Waals surface area contributed by atoms with Crippen LogP contribution in [-0.4, -0.2) is 26.9 Å². The maximum absolute atomic E-state index is 12.5. The molecule has 0 saturated carbocycles. The van der Waals surface area contributed by atoms with Crippen LogP contribution < -0.4 is 0 Å². The third-order valence-corrected chi connectivity index (χ3v) is 4.93. The van der Waals surface area contributed by atoms with E-state index in [0.717, 1.165) is 4.90 Å². The fourth-order valence-corrected chi connectivity index (χ4v) is 3.17. The average Bonchev–Trinajstić information content (AvgIpc) is 3.16. The fourth-order valence-electron chi connectivity index (χ4n) is 2.62. The Balaban J connectivity index is 1.62. The molecule has 1 aliphatic heterocycles. The zero-order chi connectivity index (χ0) is 18.4. The van der Waals surface area contributed by atoms with Gasteiger partial charge in [-0.15, -0.1) is 10.2 Å². The van der Waals surface area contributed by atoms with Gasteiger partial charge in [-0.05, 0) is 24.3 Å². The minimum atomic E-state index is -0.499. The lowest BCUT2D eigenvalue weighted by molar-refractivity contribution is 0.0629. The summed E-state index contributed by atoms with van der Waals surface area (Å²) >= 11 is 18.0. The molecule has 0 aliphatic carbocycles. The summed E-state index contributed by atoms with van der Waals surface area (Å²) in [6.07, 6.45) is 0. The lowest BCUT2D eigenvalue weighted by Crippen LogP contribution is -2.29. The van der Waals surface area contributed by atoms with Crippen LogP contribution >= 0.6 is 34.8 Å². The molecule has 6 nitrogen and oxygen atoms in total. The molecule has 2 amide bonds. The van der Waals surface area contributed by atoms with E-state index in [1.54, 1.807) is 24.3 Å². The van der Waals surface area contributed by atoms with Gasteiger partial charge in [-0.3, -0.25) is 14.5 Å². The van der Waals surface area contributed by atoms with Crippen molar-refractivity contribution < 1.29 is 14.0 Å². The fraction of sp³-hybridized carbons (Fsp3) is 0.0588. The molecule has 9 heteroatoms. The van der Waals surface area contributed by atoms with Crippen molar-refractivity contribution in [3.8, 4) is 11.5 Å². The van der Waals surface area contributed by atoms with Crippen LogP contribution in [0.1, 0.15) is 26.6 Å². The predicted molar refractivity (Wildman–Crippen MR) is 95.4 cm³/mol. The Morgan fingerprint density at radius 1 is 0.846 bits per heavy atom. The van der Waals surface area contributed by atoms with Gasteiger partial charge in [0.2, 0.25) is 11.8 Å². The molecule has 0 radical (unpaired) electrons. The second kappa shape index (κ2) is 6.39. The Bertz CT molecular complexity index is 1020. The molecule has 4 rings (SSSR count). The van der Waals surface area contributed by atoms with Gasteiger partial charge in [0.1, 0.15) is 6.54 Å². The van der Waals surface area contributed by atoms with Gasteiger partial charge in [0.05, 0.1) is 31.8 Å². The Morgan fingerprint density at radius 3 is 2.08 bits per heavy atom. The van der Waals surface area contributed by atoms with Crippen LogP contribution in [0, 0.1) is 0 Å². The maximum Gasteiger partial charge on any atom is 0.262 e. The van der Waals surface area contributed by atoms with Crippen LogP contribution in [0.2, 0.25) is 15.1 Å². The molecule has 0 fully saturated rings. The van der Waals surface area contributed by atoms with Crippen LogP contribution in [-0.2, 0) is 6.54 Å². The Labute approximate surface area is 162 Å². The number of rotatable bonds is 3. The van der Waals surface area contributed by atoms with Gasteiger partial charge in [-0.25, -0.2) is 0 Å². The molecule has 1 aromatic heterocycles. The van der Waals surface area contributed by atoms with Crippen LogP contribution in [0.15, 0.2) is 40.8 Å². The molecule has 2 heterocycles. The van der Waals surface area contributed by atoms with Crippen LogP contribution in [0.5, 0.6) is 0 Å². The van der Waals surface area contributed by atoms with E-state index >= 15 is 0 Å². The third-order valence-electron chi connectivity index (χ3n) is 3.88. The molecule has 0 unspecified atom stereocenters. The summed E-state index contributed by atoms with van der Waals surface area (Å²) in [7, 11) is 0. The summed E-state index contributed by atoms with van der Waals surface area (Å²) in [6, 6.07) is 9.73. The van der Waals surface area contributed by atoms with Gasteiger partial charge in [0.15, 0.2) is 0 Å². The lowest BCUT2D eigenvalue weighted by atomic mass is 10.1. The molecular formula is C17H8Cl3N3O3. The first-order valence-corrected chi connectivity index (χ1v) is 8.51. The number of fused-ring (bicyclic) bond motifs is 1. The number of amides is 2. The molecule has 130 valence electrons. The van der Waals surface area contributed by atoms with E-state index in [2.05, 4.69) is 10.2 Å². The predicted octanol–water partition coefficient (Wildman–Crippen LogP) is 4.49. The highest BCUT2D eigenvalue weighted by atomic mass is 35.5. The standard InChI is InChI=1S/C17H8Cl3N3O3/c18-11-4-2-1-3-8(11)15-22-21-14(26-15)7-23-16(24)9-5-12(19)13(20)6-10(9)17(23)25/h1-6H,7H2. The van der Waals surface area contributed by atoms with Crippen LogP contribution in [0.25, 0.3) is 11.5 Å². The maximum atomic E-state index is 12.5. The van der Waals surface area contributed by atoms with Gasteiger partial charge in [-0.2, -0.15) is 0 Å². The van der Waals surface area contributed by atoms with Crippen molar-refractivity contribution in [2.45, 2.75) is 6.54 Å². The van der Waals surface area contributed by atoms with E-state index < -0.39 is 11.8 Å². The third kappa shape index (κ3) is 2.76. The molecule has 0 bridgehead atoms. The number of carbonyl (C=O) groups excluding carboxylic acids is 2. The van der Waals surface area contributed by atoms with Crippen molar-refractivity contribution in [2.24, 2.45) is 0 Å². The molecule has 0 atom stereocenters. The van der Waals surface area contributed by atoms with E-state index in [1.165, 1.54) is 12.1 Å². The highest BCUT2D eigenvalue weighted by molar-refractivity contribution is 6.43. The highest BCUT2D eigenvalue weighted by Gasteiger charge is 2.37.